The van der Waals surface area contributed by atoms with Crippen molar-refractivity contribution in [3.05, 3.63) is 46.9 Å². The lowest BCUT2D eigenvalue weighted by atomic mass is 10.3. The number of rotatable bonds is 4. The Morgan fingerprint density at radius 2 is 1.96 bits per heavy atom. The lowest BCUT2D eigenvalue weighted by Gasteiger charge is -2.12. The van der Waals surface area contributed by atoms with Crippen LogP contribution in [0.5, 0.6) is 5.75 Å². The van der Waals surface area contributed by atoms with Crippen molar-refractivity contribution < 1.29 is 17.9 Å². The van der Waals surface area contributed by atoms with E-state index in [1.54, 1.807) is 18.5 Å². The number of nitrogens with zero attached hydrogens (tertiary/aromatic N) is 2. The molecule has 0 fully saturated rings. The molecule has 0 amide bonds. The van der Waals surface area contributed by atoms with Gasteiger partial charge in [0, 0.05) is 6.20 Å². The van der Waals surface area contributed by atoms with Gasteiger partial charge in [-0.25, -0.2) is 4.98 Å². The maximum absolute atomic E-state index is 12.6. The second kappa shape index (κ2) is 6.23. The molecular weight excluding hydrogens is 343 g/mol. The summed E-state index contributed by atoms with van der Waals surface area (Å²) in [5.41, 5.74) is 1.14. The third kappa shape index (κ3) is 3.25. The number of aromatic amines is 1. The smallest absolute Gasteiger partial charge is 0.422 e. The molecule has 0 bridgehead atoms. The SMILES string of the molecule is CSc1nc2cc[nH]c2c(=O)n1-c1ccc(OCC(F)(F)F)cc1. The molecule has 0 aliphatic carbocycles. The predicted molar refractivity (Wildman–Crippen MR) is 85.0 cm³/mol. The molecule has 9 heteroatoms. The Bertz CT molecular complexity index is 916. The van der Waals surface area contributed by atoms with Crippen molar-refractivity contribution in [3.63, 3.8) is 0 Å². The molecule has 3 aromatic rings. The Balaban J connectivity index is 1.98. The normalized spacial score (nSPS) is 11.8. The van der Waals surface area contributed by atoms with Crippen LogP contribution in [0.25, 0.3) is 16.7 Å². The van der Waals surface area contributed by atoms with Crippen LogP contribution in [0.1, 0.15) is 0 Å². The first-order valence-electron chi connectivity index (χ1n) is 6.83. The Morgan fingerprint density at radius 1 is 1.25 bits per heavy atom. The largest absolute Gasteiger partial charge is 0.484 e. The van der Waals surface area contributed by atoms with Gasteiger partial charge in [0.1, 0.15) is 11.3 Å². The van der Waals surface area contributed by atoms with Gasteiger partial charge < -0.3 is 9.72 Å². The fourth-order valence-corrected chi connectivity index (χ4v) is 2.76. The van der Waals surface area contributed by atoms with E-state index in [0.29, 0.717) is 21.9 Å². The molecule has 1 N–H and O–H groups in total. The van der Waals surface area contributed by atoms with E-state index in [0.717, 1.165) is 0 Å². The van der Waals surface area contributed by atoms with E-state index in [2.05, 4.69) is 14.7 Å². The molecular formula is C15H12F3N3O2S. The van der Waals surface area contributed by atoms with Gasteiger partial charge in [-0.3, -0.25) is 9.36 Å². The summed E-state index contributed by atoms with van der Waals surface area (Å²) in [6.45, 7) is -1.36. The summed E-state index contributed by atoms with van der Waals surface area (Å²) in [7, 11) is 0. The molecule has 0 aliphatic heterocycles. The van der Waals surface area contributed by atoms with Crippen LogP contribution < -0.4 is 10.3 Å². The van der Waals surface area contributed by atoms with E-state index in [1.807, 2.05) is 0 Å². The predicted octanol–water partition coefficient (Wildman–Crippen LogP) is 3.38. The minimum absolute atomic E-state index is 0.0729. The van der Waals surface area contributed by atoms with E-state index < -0.39 is 12.8 Å². The van der Waals surface area contributed by atoms with Crippen LogP contribution in [0.15, 0.2) is 46.5 Å². The molecule has 5 nitrogen and oxygen atoms in total. The number of benzene rings is 1. The van der Waals surface area contributed by atoms with Crippen molar-refractivity contribution >= 4 is 22.8 Å². The maximum Gasteiger partial charge on any atom is 0.422 e. The van der Waals surface area contributed by atoms with E-state index >= 15 is 0 Å². The molecule has 126 valence electrons. The van der Waals surface area contributed by atoms with E-state index in [1.165, 1.54) is 40.6 Å². The quantitative estimate of drug-likeness (QED) is 0.576. The lowest BCUT2D eigenvalue weighted by molar-refractivity contribution is -0.153. The summed E-state index contributed by atoms with van der Waals surface area (Å²) in [5, 5.41) is 0.482. The van der Waals surface area contributed by atoms with Crippen molar-refractivity contribution in [2.45, 2.75) is 11.3 Å². The molecule has 0 aliphatic rings. The molecule has 0 atom stereocenters. The molecule has 3 rings (SSSR count). The molecule has 0 radical (unpaired) electrons. The zero-order valence-electron chi connectivity index (χ0n) is 12.4. The van der Waals surface area contributed by atoms with Crippen LogP contribution in [0, 0.1) is 0 Å². The van der Waals surface area contributed by atoms with E-state index in [9.17, 15) is 18.0 Å². The van der Waals surface area contributed by atoms with Gasteiger partial charge in [-0.1, -0.05) is 11.8 Å². The fraction of sp³-hybridized carbons (Fsp3) is 0.200. The Morgan fingerprint density at radius 3 is 2.58 bits per heavy atom. The summed E-state index contributed by atoms with van der Waals surface area (Å²) in [6, 6.07) is 7.51. The number of fused-ring (bicyclic) bond motifs is 1. The summed E-state index contributed by atoms with van der Waals surface area (Å²) >= 11 is 1.30. The minimum atomic E-state index is -4.40. The average molecular weight is 355 g/mol. The molecule has 1 aromatic carbocycles. The van der Waals surface area contributed by atoms with Gasteiger partial charge in [0.2, 0.25) is 0 Å². The number of halogens is 3. The highest BCUT2D eigenvalue weighted by Crippen LogP contribution is 2.22. The van der Waals surface area contributed by atoms with Gasteiger partial charge in [0.25, 0.3) is 5.56 Å². The monoisotopic (exact) mass is 355 g/mol. The number of nitrogens with one attached hydrogen (secondary N) is 1. The number of ether oxygens (including phenoxy) is 1. The van der Waals surface area contributed by atoms with E-state index in [4.69, 9.17) is 0 Å². The highest BCUT2D eigenvalue weighted by Gasteiger charge is 2.28. The van der Waals surface area contributed by atoms with Gasteiger partial charge in [-0.2, -0.15) is 13.2 Å². The van der Waals surface area contributed by atoms with Gasteiger partial charge in [0.15, 0.2) is 11.8 Å². The van der Waals surface area contributed by atoms with Crippen molar-refractivity contribution in [2.75, 3.05) is 12.9 Å². The molecule has 0 saturated heterocycles. The first-order valence-corrected chi connectivity index (χ1v) is 8.05. The molecule has 2 aromatic heterocycles. The molecule has 0 spiro atoms. The number of hydrogen-bond acceptors (Lipinski definition) is 4. The summed E-state index contributed by atoms with van der Waals surface area (Å²) in [4.78, 5) is 19.8. The van der Waals surface area contributed by atoms with Gasteiger partial charge in [-0.15, -0.1) is 0 Å². The van der Waals surface area contributed by atoms with Crippen molar-refractivity contribution in [1.82, 2.24) is 14.5 Å². The zero-order chi connectivity index (χ0) is 17.3. The standard InChI is InChI=1S/C15H12F3N3O2S/c1-24-14-20-11-6-7-19-12(11)13(22)21(14)9-2-4-10(5-3-9)23-8-15(16,17)18/h2-7,19H,8H2,1H3. The Labute approximate surface area is 138 Å². The van der Waals surface area contributed by atoms with Crippen molar-refractivity contribution in [2.24, 2.45) is 0 Å². The average Bonchev–Trinajstić information content (AvgIpc) is 3.01. The third-order valence-corrected chi connectivity index (χ3v) is 3.87. The van der Waals surface area contributed by atoms with Gasteiger partial charge in [-0.05, 0) is 36.6 Å². The van der Waals surface area contributed by atoms with Gasteiger partial charge in [0.05, 0.1) is 11.2 Å². The Hall–Kier alpha value is -2.42. The highest BCUT2D eigenvalue weighted by molar-refractivity contribution is 7.98. The second-order valence-corrected chi connectivity index (χ2v) is 5.65. The first-order chi connectivity index (χ1) is 11.4. The number of alkyl halides is 3. The lowest BCUT2D eigenvalue weighted by Crippen LogP contribution is -2.21. The summed E-state index contributed by atoms with van der Waals surface area (Å²) in [5.74, 6) is 0.0729. The van der Waals surface area contributed by atoms with Crippen molar-refractivity contribution in [3.8, 4) is 11.4 Å². The maximum atomic E-state index is 12.6. The molecule has 24 heavy (non-hydrogen) atoms. The van der Waals surface area contributed by atoms with Crippen LogP contribution in [0.4, 0.5) is 13.2 Å². The minimum Gasteiger partial charge on any atom is -0.484 e. The van der Waals surface area contributed by atoms with Gasteiger partial charge >= 0.3 is 6.18 Å². The molecule has 0 saturated carbocycles. The number of thioether (sulfide) groups is 1. The van der Waals surface area contributed by atoms with Crippen LogP contribution in [0.3, 0.4) is 0 Å². The Kier molecular flexibility index (Phi) is 4.27. The molecule has 2 heterocycles. The number of hydrogen-bond donors (Lipinski definition) is 1. The third-order valence-electron chi connectivity index (χ3n) is 3.23. The number of aromatic nitrogens is 3. The topological polar surface area (TPSA) is 59.9 Å². The zero-order valence-corrected chi connectivity index (χ0v) is 13.2. The highest BCUT2D eigenvalue weighted by atomic mass is 32.2. The molecule has 0 unspecified atom stereocenters. The van der Waals surface area contributed by atoms with Crippen LogP contribution >= 0.6 is 11.8 Å². The summed E-state index contributed by atoms with van der Waals surface area (Å²) in [6.07, 6.45) is -0.983. The van der Waals surface area contributed by atoms with E-state index in [-0.39, 0.29) is 11.3 Å². The summed E-state index contributed by atoms with van der Waals surface area (Å²) < 4.78 is 42.6. The second-order valence-electron chi connectivity index (χ2n) is 4.87. The van der Waals surface area contributed by atoms with Crippen LogP contribution in [0.2, 0.25) is 0 Å². The van der Waals surface area contributed by atoms with Crippen LogP contribution in [-0.4, -0.2) is 33.6 Å². The number of H-pyrrole nitrogens is 1. The van der Waals surface area contributed by atoms with Crippen LogP contribution in [-0.2, 0) is 0 Å². The van der Waals surface area contributed by atoms with Crippen molar-refractivity contribution in [1.29, 1.82) is 0 Å². The fourth-order valence-electron chi connectivity index (χ4n) is 2.20. The first kappa shape index (κ1) is 16.4.